The van der Waals surface area contributed by atoms with Crippen LogP contribution in [0.2, 0.25) is 0 Å². The first kappa shape index (κ1) is 23.7. The van der Waals surface area contributed by atoms with E-state index < -0.39 is 18.2 Å². The molecule has 1 unspecified atom stereocenters. The predicted octanol–water partition coefficient (Wildman–Crippen LogP) is 5.07. The molecule has 0 radical (unpaired) electrons. The number of nitrogens with two attached hydrogens (primary N) is 1. The molecule has 0 spiro atoms. The lowest BCUT2D eigenvalue weighted by molar-refractivity contribution is 0.0483. The summed E-state index contributed by atoms with van der Waals surface area (Å²) in [7, 11) is 0. The van der Waals surface area contributed by atoms with Crippen LogP contribution in [0.3, 0.4) is 0 Å². The van der Waals surface area contributed by atoms with Crippen molar-refractivity contribution in [3.05, 3.63) is 88.6 Å². The van der Waals surface area contributed by atoms with Crippen molar-refractivity contribution in [2.24, 2.45) is 5.73 Å². The van der Waals surface area contributed by atoms with E-state index >= 15 is 0 Å². The second kappa shape index (κ2) is 10.6. The quantitative estimate of drug-likeness (QED) is 0.564. The van der Waals surface area contributed by atoms with Gasteiger partial charge in [-0.15, -0.1) is 0 Å². The maximum absolute atomic E-state index is 12.4. The number of para-hydroxylation sites is 1. The Balaban J connectivity index is 2.02. The Morgan fingerprint density at radius 1 is 0.939 bits per heavy atom. The predicted molar refractivity (Wildman–Crippen MR) is 122 cm³/mol. The molecule has 1 heterocycles. The van der Waals surface area contributed by atoms with E-state index in [4.69, 9.17) is 24.7 Å². The van der Waals surface area contributed by atoms with E-state index in [1.54, 1.807) is 33.8 Å². The fourth-order valence-electron chi connectivity index (χ4n) is 3.51. The monoisotopic (exact) mass is 452 g/mol. The van der Waals surface area contributed by atoms with Crippen molar-refractivity contribution in [1.82, 2.24) is 5.32 Å². The summed E-state index contributed by atoms with van der Waals surface area (Å²) in [6.45, 7) is 7.26. The van der Waals surface area contributed by atoms with Crippen LogP contribution in [0.15, 0.2) is 77.5 Å². The third-order valence-corrected chi connectivity index (χ3v) is 4.84. The highest BCUT2D eigenvalue weighted by Gasteiger charge is 2.36. The summed E-state index contributed by atoms with van der Waals surface area (Å²) in [6, 6.07) is 17.0. The molecule has 0 saturated heterocycles. The third kappa shape index (κ3) is 6.06. The Hall–Kier alpha value is -3.94. The summed E-state index contributed by atoms with van der Waals surface area (Å²) in [5.74, 6) is 0.192. The van der Waals surface area contributed by atoms with Crippen molar-refractivity contribution < 1.29 is 28.5 Å². The van der Waals surface area contributed by atoms with E-state index in [-0.39, 0.29) is 17.6 Å². The zero-order chi connectivity index (χ0) is 24.0. The molecule has 1 atom stereocenters. The van der Waals surface area contributed by atoms with E-state index in [9.17, 15) is 9.59 Å². The molecule has 1 aliphatic heterocycles. The van der Waals surface area contributed by atoms with E-state index in [2.05, 4.69) is 5.32 Å². The van der Waals surface area contributed by atoms with Gasteiger partial charge in [0.25, 0.3) is 0 Å². The fourth-order valence-corrected chi connectivity index (χ4v) is 3.51. The summed E-state index contributed by atoms with van der Waals surface area (Å²) in [4.78, 5) is 24.1. The number of rotatable bonds is 7. The number of primary amides is 1. The third-order valence-electron chi connectivity index (χ3n) is 4.84. The number of hydrogen-bond donors (Lipinski definition) is 2. The molecule has 0 fully saturated rings. The van der Waals surface area contributed by atoms with Crippen LogP contribution in [0.25, 0.3) is 0 Å². The van der Waals surface area contributed by atoms with Gasteiger partial charge >= 0.3 is 12.2 Å². The summed E-state index contributed by atoms with van der Waals surface area (Å²) in [5.41, 5.74) is 8.08. The molecule has 2 aromatic carbocycles. The zero-order valence-corrected chi connectivity index (χ0v) is 19.1. The standard InChI is InChI=1S/C25H28N2O6/c1-15(2)31-25(29)33-23-17(4)27-16(3)22(32-24(26)28)21(23)19-12-8-9-13-20(19)30-14-18-10-6-5-7-11-18/h5-13,15,21,27H,14H2,1-4H3,(H2,26,28). The molecule has 8 heteroatoms. The Bertz CT molecular complexity index is 1080. The molecule has 2 aromatic rings. The number of hydrogen-bond acceptors (Lipinski definition) is 7. The molecule has 8 nitrogen and oxygen atoms in total. The van der Waals surface area contributed by atoms with Crippen molar-refractivity contribution in [3.63, 3.8) is 0 Å². The second-order valence-electron chi connectivity index (χ2n) is 7.79. The normalized spacial score (nSPS) is 15.7. The molecular formula is C25H28N2O6. The van der Waals surface area contributed by atoms with Gasteiger partial charge in [-0.1, -0.05) is 48.5 Å². The minimum atomic E-state index is -0.984. The summed E-state index contributed by atoms with van der Waals surface area (Å²) in [5, 5.41) is 3.07. The van der Waals surface area contributed by atoms with Crippen LogP contribution >= 0.6 is 0 Å². The average Bonchev–Trinajstić information content (AvgIpc) is 2.76. The van der Waals surface area contributed by atoms with Crippen molar-refractivity contribution in [2.75, 3.05) is 0 Å². The largest absolute Gasteiger partial charge is 0.513 e. The van der Waals surface area contributed by atoms with E-state index in [0.29, 0.717) is 29.3 Å². The highest BCUT2D eigenvalue weighted by atomic mass is 16.7. The maximum atomic E-state index is 12.4. The minimum absolute atomic E-state index is 0.205. The van der Waals surface area contributed by atoms with Gasteiger partial charge in [0.05, 0.1) is 17.5 Å². The van der Waals surface area contributed by atoms with Crippen molar-refractivity contribution in [3.8, 4) is 5.75 Å². The highest BCUT2D eigenvalue weighted by molar-refractivity contribution is 5.68. The molecule has 0 aromatic heterocycles. The van der Waals surface area contributed by atoms with Crippen LogP contribution in [0.5, 0.6) is 5.75 Å². The molecule has 33 heavy (non-hydrogen) atoms. The van der Waals surface area contributed by atoms with Crippen molar-refractivity contribution >= 4 is 12.2 Å². The number of carbonyl (C=O) groups excluding carboxylic acids is 2. The number of ether oxygens (including phenoxy) is 4. The van der Waals surface area contributed by atoms with Gasteiger partial charge in [-0.25, -0.2) is 9.59 Å². The zero-order valence-electron chi connectivity index (χ0n) is 19.1. The first-order valence-corrected chi connectivity index (χ1v) is 10.6. The van der Waals surface area contributed by atoms with E-state index in [1.807, 2.05) is 48.5 Å². The number of amides is 1. The van der Waals surface area contributed by atoms with Crippen LogP contribution in [-0.2, 0) is 20.8 Å². The van der Waals surface area contributed by atoms with Gasteiger partial charge in [-0.05, 0) is 39.3 Å². The molecule has 3 N–H and O–H groups in total. The van der Waals surface area contributed by atoms with Gasteiger partial charge in [0, 0.05) is 5.56 Å². The van der Waals surface area contributed by atoms with Gasteiger partial charge in [-0.2, -0.15) is 0 Å². The first-order valence-electron chi connectivity index (χ1n) is 10.6. The lowest BCUT2D eigenvalue weighted by Gasteiger charge is -2.31. The summed E-state index contributed by atoms with van der Waals surface area (Å²) >= 11 is 0. The Labute approximate surface area is 193 Å². The van der Waals surface area contributed by atoms with Crippen LogP contribution in [0, 0.1) is 0 Å². The molecule has 3 rings (SSSR count). The topological polar surface area (TPSA) is 109 Å². The highest BCUT2D eigenvalue weighted by Crippen LogP contribution is 2.43. The van der Waals surface area contributed by atoms with Gasteiger partial charge in [0.2, 0.25) is 0 Å². The number of dihydropyridines is 1. The number of benzene rings is 2. The SMILES string of the molecule is CC1=C(OC(N)=O)C(c2ccccc2OCc2ccccc2)C(OC(=O)OC(C)C)=C(C)N1. The van der Waals surface area contributed by atoms with E-state index in [1.165, 1.54) is 0 Å². The number of carbonyl (C=O) groups is 2. The Morgan fingerprint density at radius 2 is 1.55 bits per heavy atom. The van der Waals surface area contributed by atoms with Gasteiger partial charge in [0.1, 0.15) is 29.8 Å². The average molecular weight is 453 g/mol. The van der Waals surface area contributed by atoms with Gasteiger partial charge < -0.3 is 30.0 Å². The summed E-state index contributed by atoms with van der Waals surface area (Å²) < 4.78 is 22.2. The van der Waals surface area contributed by atoms with Crippen molar-refractivity contribution in [1.29, 1.82) is 0 Å². The Kier molecular flexibility index (Phi) is 7.61. The number of allylic oxidation sites excluding steroid dienone is 2. The second-order valence-corrected chi connectivity index (χ2v) is 7.79. The molecule has 0 bridgehead atoms. The number of nitrogens with one attached hydrogen (secondary N) is 1. The molecule has 0 aliphatic carbocycles. The van der Waals surface area contributed by atoms with Crippen molar-refractivity contribution in [2.45, 2.75) is 46.3 Å². The minimum Gasteiger partial charge on any atom is -0.489 e. The smallest absolute Gasteiger partial charge is 0.489 e. The van der Waals surface area contributed by atoms with Gasteiger partial charge in [0.15, 0.2) is 0 Å². The lowest BCUT2D eigenvalue weighted by atomic mass is 9.90. The first-order chi connectivity index (χ1) is 15.8. The lowest BCUT2D eigenvalue weighted by Crippen LogP contribution is -2.30. The molecule has 0 saturated carbocycles. The molecule has 1 amide bonds. The van der Waals surface area contributed by atoms with Crippen LogP contribution in [0.4, 0.5) is 9.59 Å². The van der Waals surface area contributed by atoms with Crippen LogP contribution < -0.4 is 15.8 Å². The Morgan fingerprint density at radius 3 is 2.18 bits per heavy atom. The molecule has 174 valence electrons. The van der Waals surface area contributed by atoms with Crippen LogP contribution in [-0.4, -0.2) is 18.4 Å². The summed E-state index contributed by atoms with van der Waals surface area (Å²) in [6.07, 6.45) is -2.22. The van der Waals surface area contributed by atoms with Crippen LogP contribution in [0.1, 0.15) is 44.7 Å². The van der Waals surface area contributed by atoms with Gasteiger partial charge in [-0.3, -0.25) is 0 Å². The maximum Gasteiger partial charge on any atom is 0.513 e. The van der Waals surface area contributed by atoms with E-state index in [0.717, 1.165) is 5.56 Å². The molecule has 1 aliphatic rings. The fraction of sp³-hybridized carbons (Fsp3) is 0.280. The molecular weight excluding hydrogens is 424 g/mol.